The van der Waals surface area contributed by atoms with Crippen LogP contribution in [0.1, 0.15) is 19.8 Å². The third-order valence-corrected chi connectivity index (χ3v) is 3.17. The summed E-state index contributed by atoms with van der Waals surface area (Å²) in [5.74, 6) is 0.209. The Morgan fingerprint density at radius 2 is 2.36 bits per heavy atom. The third-order valence-electron chi connectivity index (χ3n) is 3.17. The van der Waals surface area contributed by atoms with E-state index < -0.39 is 11.4 Å². The summed E-state index contributed by atoms with van der Waals surface area (Å²) in [5.41, 5.74) is -0.459. The number of carbonyl (C=O) groups is 1. The van der Waals surface area contributed by atoms with Crippen molar-refractivity contribution in [2.45, 2.75) is 19.8 Å². The molecule has 1 N–H and O–H groups in total. The van der Waals surface area contributed by atoms with E-state index in [1.54, 1.807) is 0 Å². The molecule has 60 valence electrons. The van der Waals surface area contributed by atoms with Gasteiger partial charge in [0.05, 0.1) is 5.41 Å². The van der Waals surface area contributed by atoms with Gasteiger partial charge in [-0.1, -0.05) is 12.2 Å². The van der Waals surface area contributed by atoms with E-state index in [1.807, 2.05) is 6.92 Å². The molecule has 2 rings (SSSR count). The molecule has 2 bridgehead atoms. The molecule has 0 spiro atoms. The van der Waals surface area contributed by atoms with Crippen molar-refractivity contribution in [3.05, 3.63) is 12.2 Å². The molecule has 3 atom stereocenters. The Balaban J connectivity index is 2.30. The topological polar surface area (TPSA) is 37.3 Å². The Morgan fingerprint density at radius 3 is 2.64 bits per heavy atom. The molecule has 2 aliphatic rings. The van der Waals surface area contributed by atoms with Crippen LogP contribution in [-0.4, -0.2) is 11.1 Å². The van der Waals surface area contributed by atoms with Crippen LogP contribution in [0.5, 0.6) is 0 Å². The van der Waals surface area contributed by atoms with Crippen LogP contribution in [0.4, 0.5) is 0 Å². The van der Waals surface area contributed by atoms with Crippen LogP contribution in [0.2, 0.25) is 0 Å². The lowest BCUT2D eigenvalue weighted by Gasteiger charge is -2.25. The zero-order valence-electron chi connectivity index (χ0n) is 6.58. The lowest BCUT2D eigenvalue weighted by molar-refractivity contribution is -0.149. The highest BCUT2D eigenvalue weighted by Gasteiger charge is 2.50. The molecule has 1 saturated carbocycles. The molecule has 0 aromatic heterocycles. The van der Waals surface area contributed by atoms with Gasteiger partial charge in [-0.3, -0.25) is 4.79 Å². The van der Waals surface area contributed by atoms with Gasteiger partial charge in [-0.25, -0.2) is 0 Å². The first-order valence-corrected chi connectivity index (χ1v) is 4.04. The van der Waals surface area contributed by atoms with Gasteiger partial charge in [-0.2, -0.15) is 0 Å². The standard InChI is InChI=1S/C9H12O2/c1-9(8(10)11)5-6-2-3-7(9)4-6/h2-3,6-7H,4-5H2,1H3,(H,10,11). The van der Waals surface area contributed by atoms with Crippen molar-refractivity contribution in [3.8, 4) is 0 Å². The van der Waals surface area contributed by atoms with Crippen LogP contribution < -0.4 is 0 Å². The van der Waals surface area contributed by atoms with Crippen molar-refractivity contribution in [3.63, 3.8) is 0 Å². The summed E-state index contributed by atoms with van der Waals surface area (Å²) in [7, 11) is 0. The summed E-state index contributed by atoms with van der Waals surface area (Å²) < 4.78 is 0. The summed E-state index contributed by atoms with van der Waals surface area (Å²) in [6, 6.07) is 0. The smallest absolute Gasteiger partial charge is 0.309 e. The summed E-state index contributed by atoms with van der Waals surface area (Å²) in [4.78, 5) is 10.9. The molecule has 0 amide bonds. The normalized spacial score (nSPS) is 46.6. The first kappa shape index (κ1) is 6.89. The summed E-state index contributed by atoms with van der Waals surface area (Å²) in [6.07, 6.45) is 6.13. The molecule has 0 heterocycles. The van der Waals surface area contributed by atoms with Crippen molar-refractivity contribution in [2.75, 3.05) is 0 Å². The number of allylic oxidation sites excluding steroid dienone is 2. The van der Waals surface area contributed by atoms with E-state index in [4.69, 9.17) is 5.11 Å². The number of rotatable bonds is 1. The zero-order chi connectivity index (χ0) is 8.06. The van der Waals surface area contributed by atoms with Gasteiger partial charge in [0.25, 0.3) is 0 Å². The van der Waals surface area contributed by atoms with Gasteiger partial charge in [-0.05, 0) is 31.6 Å². The van der Waals surface area contributed by atoms with Crippen molar-refractivity contribution < 1.29 is 9.90 Å². The summed E-state index contributed by atoms with van der Waals surface area (Å²) >= 11 is 0. The second-order valence-corrected chi connectivity index (χ2v) is 3.91. The second-order valence-electron chi connectivity index (χ2n) is 3.91. The maximum absolute atomic E-state index is 10.9. The lowest BCUT2D eigenvalue weighted by Crippen LogP contribution is -2.31. The minimum absolute atomic E-state index is 0.296. The molecule has 0 radical (unpaired) electrons. The lowest BCUT2D eigenvalue weighted by atomic mass is 9.78. The minimum atomic E-state index is -0.630. The largest absolute Gasteiger partial charge is 0.481 e. The van der Waals surface area contributed by atoms with E-state index in [9.17, 15) is 4.79 Å². The highest BCUT2D eigenvalue weighted by Crippen LogP contribution is 2.51. The number of fused-ring (bicyclic) bond motifs is 2. The second kappa shape index (κ2) is 1.87. The number of carboxylic acid groups (broad SMARTS) is 1. The summed E-state index contributed by atoms with van der Waals surface area (Å²) in [5, 5.41) is 8.96. The Hall–Kier alpha value is -0.790. The molecule has 0 aromatic carbocycles. The molecule has 1 fully saturated rings. The summed E-state index contributed by atoms with van der Waals surface area (Å²) in [6.45, 7) is 1.86. The number of aliphatic carboxylic acids is 1. The van der Waals surface area contributed by atoms with Gasteiger partial charge in [0.1, 0.15) is 0 Å². The van der Waals surface area contributed by atoms with Gasteiger partial charge in [0, 0.05) is 0 Å². The Kier molecular flexibility index (Phi) is 1.17. The third kappa shape index (κ3) is 0.753. The van der Waals surface area contributed by atoms with Crippen molar-refractivity contribution in [1.29, 1.82) is 0 Å². The molecule has 0 aromatic rings. The van der Waals surface area contributed by atoms with Crippen LogP contribution >= 0.6 is 0 Å². The quantitative estimate of drug-likeness (QED) is 0.580. The fourth-order valence-corrected chi connectivity index (χ4v) is 2.34. The molecule has 3 unspecified atom stereocenters. The number of hydrogen-bond acceptors (Lipinski definition) is 1. The zero-order valence-corrected chi connectivity index (χ0v) is 6.58. The predicted octanol–water partition coefficient (Wildman–Crippen LogP) is 1.67. The fourth-order valence-electron chi connectivity index (χ4n) is 2.34. The average molecular weight is 152 g/mol. The highest BCUT2D eigenvalue weighted by molar-refractivity contribution is 5.76. The Morgan fingerprint density at radius 1 is 1.64 bits per heavy atom. The van der Waals surface area contributed by atoms with Gasteiger partial charge in [0.2, 0.25) is 0 Å². The van der Waals surface area contributed by atoms with E-state index >= 15 is 0 Å². The van der Waals surface area contributed by atoms with Crippen molar-refractivity contribution >= 4 is 5.97 Å². The van der Waals surface area contributed by atoms with E-state index in [2.05, 4.69) is 12.2 Å². The average Bonchev–Trinajstić information content (AvgIpc) is 2.45. The highest BCUT2D eigenvalue weighted by atomic mass is 16.4. The van der Waals surface area contributed by atoms with Crippen LogP contribution in [0.3, 0.4) is 0 Å². The van der Waals surface area contributed by atoms with Crippen LogP contribution in [-0.2, 0) is 4.79 Å². The minimum Gasteiger partial charge on any atom is -0.481 e. The Bertz CT molecular complexity index is 232. The van der Waals surface area contributed by atoms with Gasteiger partial charge >= 0.3 is 5.97 Å². The van der Waals surface area contributed by atoms with Gasteiger partial charge in [-0.15, -0.1) is 0 Å². The molecule has 2 heteroatoms. The van der Waals surface area contributed by atoms with E-state index in [-0.39, 0.29) is 0 Å². The van der Waals surface area contributed by atoms with E-state index in [1.165, 1.54) is 0 Å². The molecular formula is C9H12O2. The molecule has 0 saturated heterocycles. The molecule has 2 nitrogen and oxygen atoms in total. The molecular weight excluding hydrogens is 140 g/mol. The maximum atomic E-state index is 10.9. The van der Waals surface area contributed by atoms with E-state index in [0.29, 0.717) is 11.8 Å². The molecule has 0 aliphatic heterocycles. The predicted molar refractivity (Wildman–Crippen MR) is 41.1 cm³/mol. The maximum Gasteiger partial charge on any atom is 0.309 e. The fraction of sp³-hybridized carbons (Fsp3) is 0.667. The van der Waals surface area contributed by atoms with Gasteiger partial charge in [0.15, 0.2) is 0 Å². The first-order chi connectivity index (χ1) is 5.13. The van der Waals surface area contributed by atoms with Crippen LogP contribution in [0.25, 0.3) is 0 Å². The number of carboxylic acids is 1. The van der Waals surface area contributed by atoms with Crippen molar-refractivity contribution in [2.24, 2.45) is 17.3 Å². The van der Waals surface area contributed by atoms with Crippen LogP contribution in [0, 0.1) is 17.3 Å². The van der Waals surface area contributed by atoms with Gasteiger partial charge < -0.3 is 5.11 Å². The SMILES string of the molecule is CC1(C(=O)O)CC2C=CC1C2. The van der Waals surface area contributed by atoms with Crippen molar-refractivity contribution in [1.82, 2.24) is 0 Å². The Labute approximate surface area is 65.9 Å². The molecule has 2 aliphatic carbocycles. The van der Waals surface area contributed by atoms with E-state index in [0.717, 1.165) is 12.8 Å². The van der Waals surface area contributed by atoms with Crippen LogP contribution in [0.15, 0.2) is 12.2 Å². The molecule has 11 heavy (non-hydrogen) atoms. The first-order valence-electron chi connectivity index (χ1n) is 4.04. The number of hydrogen-bond donors (Lipinski definition) is 1. The monoisotopic (exact) mass is 152 g/mol.